The lowest BCUT2D eigenvalue weighted by Crippen LogP contribution is -2.41. The monoisotopic (exact) mass is 305 g/mol. The molecule has 1 aromatic heterocycles. The van der Waals surface area contributed by atoms with E-state index in [2.05, 4.69) is 15.6 Å². The second kappa shape index (κ2) is 7.02. The topological polar surface area (TPSA) is 108 Å². The van der Waals surface area contributed by atoms with Crippen LogP contribution in [0.5, 0.6) is 0 Å². The number of aliphatic carboxylic acids is 1. The summed E-state index contributed by atoms with van der Waals surface area (Å²) in [5.74, 6) is -0.792. The van der Waals surface area contributed by atoms with Gasteiger partial charge in [0, 0.05) is 17.8 Å². The molecule has 0 spiro atoms. The van der Waals surface area contributed by atoms with E-state index in [0.717, 1.165) is 0 Å². The molecule has 0 bridgehead atoms. The SMILES string of the molecule is CC(=O)c1ccc(NC(=O)NC2CCC(C(=O)O)CC2)nc1. The molecular formula is C15H19N3O4. The minimum absolute atomic E-state index is 0.0212. The van der Waals surface area contributed by atoms with Crippen LogP contribution >= 0.6 is 0 Å². The van der Waals surface area contributed by atoms with Crippen molar-refractivity contribution < 1.29 is 19.5 Å². The van der Waals surface area contributed by atoms with Gasteiger partial charge in [0.15, 0.2) is 5.78 Å². The molecule has 7 nitrogen and oxygen atoms in total. The summed E-state index contributed by atoms with van der Waals surface area (Å²) in [6.07, 6.45) is 3.87. The number of urea groups is 1. The first-order valence-corrected chi connectivity index (χ1v) is 7.23. The zero-order valence-electron chi connectivity index (χ0n) is 12.3. The number of hydrogen-bond donors (Lipinski definition) is 3. The smallest absolute Gasteiger partial charge is 0.320 e. The van der Waals surface area contributed by atoms with Gasteiger partial charge in [0.05, 0.1) is 5.92 Å². The van der Waals surface area contributed by atoms with E-state index >= 15 is 0 Å². The molecule has 1 aliphatic rings. The van der Waals surface area contributed by atoms with Crippen molar-refractivity contribution in [3.8, 4) is 0 Å². The molecule has 22 heavy (non-hydrogen) atoms. The Balaban J connectivity index is 1.81. The molecule has 0 radical (unpaired) electrons. The number of carboxylic acids is 1. The van der Waals surface area contributed by atoms with E-state index < -0.39 is 5.97 Å². The van der Waals surface area contributed by atoms with Gasteiger partial charge in [-0.1, -0.05) is 0 Å². The first-order valence-electron chi connectivity index (χ1n) is 7.23. The second-order valence-corrected chi connectivity index (χ2v) is 5.47. The Morgan fingerprint density at radius 3 is 2.36 bits per heavy atom. The van der Waals surface area contributed by atoms with Crippen molar-refractivity contribution in [3.63, 3.8) is 0 Å². The summed E-state index contributed by atoms with van der Waals surface area (Å²) in [5, 5.41) is 14.3. The predicted octanol–water partition coefficient (Wildman–Crippen LogP) is 2.05. The predicted molar refractivity (Wildman–Crippen MR) is 79.8 cm³/mol. The quantitative estimate of drug-likeness (QED) is 0.738. The van der Waals surface area contributed by atoms with Crippen LogP contribution in [0.4, 0.5) is 10.6 Å². The number of aromatic nitrogens is 1. The van der Waals surface area contributed by atoms with E-state index in [9.17, 15) is 14.4 Å². The van der Waals surface area contributed by atoms with Gasteiger partial charge in [0.2, 0.25) is 0 Å². The third-order valence-electron chi connectivity index (χ3n) is 3.82. The van der Waals surface area contributed by atoms with Crippen molar-refractivity contribution in [2.45, 2.75) is 38.6 Å². The number of anilines is 1. The highest BCUT2D eigenvalue weighted by atomic mass is 16.4. The number of rotatable bonds is 4. The lowest BCUT2D eigenvalue weighted by atomic mass is 9.86. The number of hydrogen-bond acceptors (Lipinski definition) is 4. The Bertz CT molecular complexity index is 563. The molecule has 1 heterocycles. The van der Waals surface area contributed by atoms with E-state index in [0.29, 0.717) is 37.1 Å². The number of amides is 2. The third kappa shape index (κ3) is 4.28. The Morgan fingerprint density at radius 1 is 1.18 bits per heavy atom. The normalized spacial score (nSPS) is 21.0. The second-order valence-electron chi connectivity index (χ2n) is 5.47. The lowest BCUT2D eigenvalue weighted by Gasteiger charge is -2.26. The van der Waals surface area contributed by atoms with Gasteiger partial charge < -0.3 is 10.4 Å². The molecule has 0 aromatic carbocycles. The van der Waals surface area contributed by atoms with Gasteiger partial charge in [-0.25, -0.2) is 9.78 Å². The molecular weight excluding hydrogens is 286 g/mol. The fraction of sp³-hybridized carbons (Fsp3) is 0.467. The zero-order chi connectivity index (χ0) is 16.1. The molecule has 3 N–H and O–H groups in total. The zero-order valence-corrected chi connectivity index (χ0v) is 12.3. The highest BCUT2D eigenvalue weighted by molar-refractivity contribution is 5.94. The van der Waals surface area contributed by atoms with Crippen molar-refractivity contribution in [1.29, 1.82) is 0 Å². The number of nitrogens with one attached hydrogen (secondary N) is 2. The Morgan fingerprint density at radius 2 is 1.86 bits per heavy atom. The molecule has 7 heteroatoms. The number of carbonyl (C=O) groups is 3. The van der Waals surface area contributed by atoms with E-state index in [1.54, 1.807) is 12.1 Å². The van der Waals surface area contributed by atoms with E-state index in [1.165, 1.54) is 13.1 Å². The highest BCUT2D eigenvalue weighted by Gasteiger charge is 2.26. The summed E-state index contributed by atoms with van der Waals surface area (Å²) >= 11 is 0. The number of pyridine rings is 1. The number of carbonyl (C=O) groups excluding carboxylic acids is 2. The summed E-state index contributed by atoms with van der Waals surface area (Å²) < 4.78 is 0. The highest BCUT2D eigenvalue weighted by Crippen LogP contribution is 2.24. The molecule has 0 atom stereocenters. The van der Waals surface area contributed by atoms with Crippen LogP contribution in [0.15, 0.2) is 18.3 Å². The summed E-state index contributed by atoms with van der Waals surface area (Å²) in [6, 6.07) is 2.77. The van der Waals surface area contributed by atoms with Gasteiger partial charge in [0.25, 0.3) is 0 Å². The lowest BCUT2D eigenvalue weighted by molar-refractivity contribution is -0.142. The van der Waals surface area contributed by atoms with Crippen LogP contribution in [0.2, 0.25) is 0 Å². The summed E-state index contributed by atoms with van der Waals surface area (Å²) in [4.78, 5) is 37.9. The van der Waals surface area contributed by atoms with Crippen LogP contribution in [0, 0.1) is 5.92 Å². The van der Waals surface area contributed by atoms with Gasteiger partial charge >= 0.3 is 12.0 Å². The maximum Gasteiger partial charge on any atom is 0.320 e. The molecule has 0 unspecified atom stereocenters. The molecule has 1 aromatic rings. The average molecular weight is 305 g/mol. The van der Waals surface area contributed by atoms with Gasteiger partial charge in [-0.3, -0.25) is 14.9 Å². The fourth-order valence-electron chi connectivity index (χ4n) is 2.50. The van der Waals surface area contributed by atoms with E-state index in [-0.39, 0.29) is 23.8 Å². The van der Waals surface area contributed by atoms with Gasteiger partial charge in [-0.2, -0.15) is 0 Å². The Hall–Kier alpha value is -2.44. The number of Topliss-reactive ketones (excluding diaryl/α,β-unsaturated/α-hetero) is 1. The first-order chi connectivity index (χ1) is 10.5. The van der Waals surface area contributed by atoms with Gasteiger partial charge in [0.1, 0.15) is 5.82 Å². The molecule has 118 valence electrons. The first kappa shape index (κ1) is 15.9. The van der Waals surface area contributed by atoms with Crippen LogP contribution in [-0.4, -0.2) is 33.9 Å². The Kier molecular flexibility index (Phi) is 5.08. The standard InChI is InChI=1S/C15H19N3O4/c1-9(19)11-4-7-13(16-8-11)18-15(22)17-12-5-2-10(3-6-12)14(20)21/h4,7-8,10,12H,2-3,5-6H2,1H3,(H,20,21)(H2,16,17,18,22). The molecule has 2 rings (SSSR count). The largest absolute Gasteiger partial charge is 0.481 e. The number of nitrogens with zero attached hydrogens (tertiary/aromatic N) is 1. The minimum atomic E-state index is -0.766. The Labute approximate surface area is 128 Å². The van der Waals surface area contributed by atoms with Crippen molar-refractivity contribution >= 4 is 23.6 Å². The number of carboxylic acid groups (broad SMARTS) is 1. The van der Waals surface area contributed by atoms with Gasteiger partial charge in [-0.05, 0) is 44.7 Å². The van der Waals surface area contributed by atoms with Crippen LogP contribution < -0.4 is 10.6 Å². The number of ketones is 1. The summed E-state index contributed by atoms with van der Waals surface area (Å²) in [5.41, 5.74) is 0.484. The van der Waals surface area contributed by atoms with Crippen LogP contribution in [0.25, 0.3) is 0 Å². The van der Waals surface area contributed by atoms with E-state index in [4.69, 9.17) is 5.11 Å². The van der Waals surface area contributed by atoms with Crippen LogP contribution in [0.3, 0.4) is 0 Å². The molecule has 1 fully saturated rings. The van der Waals surface area contributed by atoms with Crippen molar-refractivity contribution in [3.05, 3.63) is 23.9 Å². The maximum absolute atomic E-state index is 11.9. The maximum atomic E-state index is 11.9. The van der Waals surface area contributed by atoms with Crippen molar-refractivity contribution in [1.82, 2.24) is 10.3 Å². The van der Waals surface area contributed by atoms with E-state index in [1.807, 2.05) is 0 Å². The summed E-state index contributed by atoms with van der Waals surface area (Å²) in [7, 11) is 0. The van der Waals surface area contributed by atoms with Crippen LogP contribution in [-0.2, 0) is 4.79 Å². The fourth-order valence-corrected chi connectivity index (χ4v) is 2.50. The summed E-state index contributed by atoms with van der Waals surface area (Å²) in [6.45, 7) is 1.45. The third-order valence-corrected chi connectivity index (χ3v) is 3.82. The molecule has 2 amide bonds. The minimum Gasteiger partial charge on any atom is -0.481 e. The van der Waals surface area contributed by atoms with Gasteiger partial charge in [-0.15, -0.1) is 0 Å². The average Bonchev–Trinajstić information content (AvgIpc) is 2.48. The van der Waals surface area contributed by atoms with Crippen molar-refractivity contribution in [2.75, 3.05) is 5.32 Å². The van der Waals surface area contributed by atoms with Crippen molar-refractivity contribution in [2.24, 2.45) is 5.92 Å². The van der Waals surface area contributed by atoms with Crippen LogP contribution in [0.1, 0.15) is 43.0 Å². The molecule has 0 aliphatic heterocycles. The molecule has 1 aliphatic carbocycles. The molecule has 1 saturated carbocycles. The molecule has 0 saturated heterocycles.